The molecule has 0 unspecified atom stereocenters. The average molecular weight is 337 g/mol. The fraction of sp³-hybridized carbons (Fsp3) is 0.538. The van der Waals surface area contributed by atoms with Gasteiger partial charge in [0.25, 0.3) is 0 Å². The second-order valence-electron chi connectivity index (χ2n) is 4.73. The molecule has 106 valence electrons. The van der Waals surface area contributed by atoms with Crippen LogP contribution in [0.5, 0.6) is 0 Å². The molecule has 1 aromatic carbocycles. The van der Waals surface area contributed by atoms with Crippen molar-refractivity contribution in [3.8, 4) is 0 Å². The Labute approximate surface area is 118 Å². The Kier molecular flexibility index (Phi) is 4.40. The number of hydrogen-bond acceptors (Lipinski definition) is 2. The molecule has 0 atom stereocenters. The van der Waals surface area contributed by atoms with Crippen molar-refractivity contribution in [3.05, 3.63) is 28.2 Å². The van der Waals surface area contributed by atoms with E-state index in [-0.39, 0.29) is 0 Å². The molecular weight excluding hydrogens is 321 g/mol. The lowest BCUT2D eigenvalue weighted by Crippen LogP contribution is -2.28. The normalized spacial score (nSPS) is 15.6. The van der Waals surface area contributed by atoms with Crippen LogP contribution in [0.15, 0.2) is 22.7 Å². The van der Waals surface area contributed by atoms with E-state index in [0.717, 1.165) is 43.6 Å². The van der Waals surface area contributed by atoms with E-state index in [1.807, 2.05) is 0 Å². The molecule has 0 amide bonds. The summed E-state index contributed by atoms with van der Waals surface area (Å²) in [7, 11) is 0. The smallest absolute Gasteiger partial charge is 0.368 e. The van der Waals surface area contributed by atoms with E-state index in [4.69, 9.17) is 5.73 Å². The Hall–Kier alpha value is -0.750. The lowest BCUT2D eigenvalue weighted by atomic mass is 10.2. The van der Waals surface area contributed by atoms with Crippen molar-refractivity contribution in [3.63, 3.8) is 0 Å². The molecule has 19 heavy (non-hydrogen) atoms. The molecule has 1 fully saturated rings. The molecule has 6 heteroatoms. The minimum Gasteiger partial charge on any atom is -0.368 e. The molecule has 0 aliphatic heterocycles. The quantitative estimate of drug-likeness (QED) is 0.886. The van der Waals surface area contributed by atoms with E-state index in [9.17, 15) is 13.2 Å². The van der Waals surface area contributed by atoms with Gasteiger partial charge in [0.2, 0.25) is 0 Å². The first-order valence-electron chi connectivity index (χ1n) is 6.27. The number of anilines is 1. The van der Waals surface area contributed by atoms with Crippen LogP contribution in [0.25, 0.3) is 0 Å². The first kappa shape index (κ1) is 14.7. The van der Waals surface area contributed by atoms with Crippen LogP contribution in [0.1, 0.15) is 24.8 Å². The van der Waals surface area contributed by atoms with Crippen molar-refractivity contribution >= 4 is 21.6 Å². The summed E-state index contributed by atoms with van der Waals surface area (Å²) in [5.74, 6) is 0. The second kappa shape index (κ2) is 5.71. The van der Waals surface area contributed by atoms with Crippen LogP contribution in [0.2, 0.25) is 0 Å². The summed E-state index contributed by atoms with van der Waals surface area (Å²) in [5, 5.41) is 0. The van der Waals surface area contributed by atoms with Crippen LogP contribution in [-0.4, -0.2) is 19.1 Å². The molecule has 0 saturated heterocycles. The topological polar surface area (TPSA) is 29.3 Å². The van der Waals surface area contributed by atoms with Crippen LogP contribution >= 0.6 is 15.9 Å². The molecule has 2 nitrogen and oxygen atoms in total. The van der Waals surface area contributed by atoms with Gasteiger partial charge in [-0.25, -0.2) is 0 Å². The van der Waals surface area contributed by atoms with Crippen LogP contribution in [0.3, 0.4) is 0 Å². The number of rotatable bonds is 5. The lowest BCUT2D eigenvalue weighted by molar-refractivity contribution is -0.137. The molecule has 1 saturated carbocycles. The second-order valence-corrected chi connectivity index (χ2v) is 5.59. The fourth-order valence-corrected chi connectivity index (χ4v) is 2.67. The zero-order chi connectivity index (χ0) is 14.0. The molecule has 0 aromatic heterocycles. The molecule has 1 aromatic rings. The van der Waals surface area contributed by atoms with Crippen molar-refractivity contribution < 1.29 is 13.2 Å². The highest BCUT2D eigenvalue weighted by atomic mass is 79.9. The van der Waals surface area contributed by atoms with Gasteiger partial charge in [0.05, 0.1) is 11.3 Å². The number of nitrogens with zero attached hydrogens (tertiary/aromatic N) is 1. The van der Waals surface area contributed by atoms with Crippen molar-refractivity contribution in [1.82, 2.24) is 0 Å². The molecule has 0 radical (unpaired) electrons. The molecular formula is C13H16BrF3N2. The number of halogens is 4. The van der Waals surface area contributed by atoms with Gasteiger partial charge in [-0.3, -0.25) is 0 Å². The minimum atomic E-state index is -4.30. The Balaban J connectivity index is 2.23. The van der Waals surface area contributed by atoms with E-state index in [2.05, 4.69) is 20.8 Å². The number of nitrogens with two attached hydrogens (primary N) is 1. The van der Waals surface area contributed by atoms with Gasteiger partial charge in [0, 0.05) is 17.1 Å². The Morgan fingerprint density at radius 1 is 1.32 bits per heavy atom. The summed E-state index contributed by atoms with van der Waals surface area (Å²) in [4.78, 5) is 2.15. The predicted molar refractivity (Wildman–Crippen MR) is 73.2 cm³/mol. The van der Waals surface area contributed by atoms with E-state index < -0.39 is 11.7 Å². The van der Waals surface area contributed by atoms with Gasteiger partial charge in [0.1, 0.15) is 0 Å². The van der Waals surface area contributed by atoms with Gasteiger partial charge < -0.3 is 10.6 Å². The largest absolute Gasteiger partial charge is 0.416 e. The molecule has 2 rings (SSSR count). The van der Waals surface area contributed by atoms with Crippen molar-refractivity contribution in [2.45, 2.75) is 31.5 Å². The fourth-order valence-electron chi connectivity index (χ4n) is 2.06. The van der Waals surface area contributed by atoms with E-state index in [0.29, 0.717) is 17.1 Å². The Morgan fingerprint density at radius 3 is 2.47 bits per heavy atom. The highest BCUT2D eigenvalue weighted by Crippen LogP contribution is 2.39. The van der Waals surface area contributed by atoms with Crippen LogP contribution in [0.4, 0.5) is 18.9 Å². The van der Waals surface area contributed by atoms with Crippen molar-refractivity contribution in [2.75, 3.05) is 18.0 Å². The van der Waals surface area contributed by atoms with Crippen molar-refractivity contribution in [2.24, 2.45) is 5.73 Å². The van der Waals surface area contributed by atoms with Crippen molar-refractivity contribution in [1.29, 1.82) is 0 Å². The van der Waals surface area contributed by atoms with E-state index in [1.54, 1.807) is 6.07 Å². The van der Waals surface area contributed by atoms with Crippen LogP contribution < -0.4 is 10.6 Å². The Morgan fingerprint density at radius 2 is 2.00 bits per heavy atom. The van der Waals surface area contributed by atoms with Gasteiger partial charge in [-0.05, 0) is 59.9 Å². The number of benzene rings is 1. The van der Waals surface area contributed by atoms with Gasteiger partial charge in [-0.1, -0.05) is 0 Å². The summed E-state index contributed by atoms with van der Waals surface area (Å²) in [6.07, 6.45) is -1.28. The SMILES string of the molecule is NCCCN(c1ccc(C(F)(F)F)cc1Br)C1CC1. The summed E-state index contributed by atoms with van der Waals surface area (Å²) in [6.45, 7) is 1.37. The number of hydrogen-bond donors (Lipinski definition) is 1. The van der Waals surface area contributed by atoms with Gasteiger partial charge >= 0.3 is 6.18 Å². The zero-order valence-corrected chi connectivity index (χ0v) is 12.0. The summed E-state index contributed by atoms with van der Waals surface area (Å²) in [5.41, 5.74) is 5.70. The standard InChI is InChI=1S/C13H16BrF3N2/c14-11-8-9(13(15,16)17)2-5-12(11)19(7-1-6-18)10-3-4-10/h2,5,8,10H,1,3-4,6-7,18H2. The third-order valence-corrected chi connectivity index (χ3v) is 3.81. The maximum absolute atomic E-state index is 12.6. The summed E-state index contributed by atoms with van der Waals surface area (Å²) in [6, 6.07) is 4.27. The Bertz CT molecular complexity index is 444. The molecule has 2 N–H and O–H groups in total. The highest BCUT2D eigenvalue weighted by molar-refractivity contribution is 9.10. The third-order valence-electron chi connectivity index (χ3n) is 3.18. The third kappa shape index (κ3) is 3.63. The molecule has 0 heterocycles. The molecule has 0 spiro atoms. The summed E-state index contributed by atoms with van der Waals surface area (Å²) >= 11 is 3.26. The first-order valence-corrected chi connectivity index (χ1v) is 7.06. The molecule has 1 aliphatic rings. The zero-order valence-electron chi connectivity index (χ0n) is 10.4. The molecule has 0 bridgehead atoms. The van der Waals surface area contributed by atoms with Gasteiger partial charge in [-0.2, -0.15) is 13.2 Å². The maximum Gasteiger partial charge on any atom is 0.416 e. The minimum absolute atomic E-state index is 0.444. The predicted octanol–water partition coefficient (Wildman–Crippen LogP) is 3.79. The average Bonchev–Trinajstić information content (AvgIpc) is 3.14. The van der Waals surface area contributed by atoms with Crippen LogP contribution in [-0.2, 0) is 6.18 Å². The monoisotopic (exact) mass is 336 g/mol. The maximum atomic E-state index is 12.6. The number of alkyl halides is 3. The van der Waals surface area contributed by atoms with Gasteiger partial charge in [0.15, 0.2) is 0 Å². The first-order chi connectivity index (χ1) is 8.93. The highest BCUT2D eigenvalue weighted by Gasteiger charge is 2.33. The van der Waals surface area contributed by atoms with Gasteiger partial charge in [-0.15, -0.1) is 0 Å². The molecule has 1 aliphatic carbocycles. The van der Waals surface area contributed by atoms with E-state index >= 15 is 0 Å². The van der Waals surface area contributed by atoms with E-state index in [1.165, 1.54) is 0 Å². The van der Waals surface area contributed by atoms with Crippen LogP contribution in [0, 0.1) is 0 Å². The lowest BCUT2D eigenvalue weighted by Gasteiger charge is -2.26. The summed E-state index contributed by atoms with van der Waals surface area (Å²) < 4.78 is 38.4.